The fraction of sp³-hybridized carbons (Fsp3) is 0.438. The van der Waals surface area contributed by atoms with E-state index in [-0.39, 0.29) is 0 Å². The lowest BCUT2D eigenvalue weighted by molar-refractivity contribution is 0.165. The molecule has 0 amide bonds. The maximum absolute atomic E-state index is 5.59. The Bertz CT molecular complexity index is 542. The largest absolute Gasteiger partial charge is 0.444 e. The van der Waals surface area contributed by atoms with Crippen molar-refractivity contribution >= 4 is 0 Å². The van der Waals surface area contributed by atoms with Crippen molar-refractivity contribution in [2.75, 3.05) is 13.1 Å². The summed E-state index contributed by atoms with van der Waals surface area (Å²) in [6.07, 6.45) is 1.78. The zero-order valence-electron chi connectivity index (χ0n) is 12.0. The van der Waals surface area contributed by atoms with Crippen LogP contribution >= 0.6 is 0 Å². The SMILES string of the molecule is CC1CN(Cc2coc(-c3ccccc3)n2)CC(C)N1. The molecule has 106 valence electrons. The molecule has 1 aliphatic rings. The highest BCUT2D eigenvalue weighted by atomic mass is 16.3. The molecule has 1 fully saturated rings. The fourth-order valence-electron chi connectivity index (χ4n) is 2.89. The van der Waals surface area contributed by atoms with Gasteiger partial charge in [-0.2, -0.15) is 0 Å². The summed E-state index contributed by atoms with van der Waals surface area (Å²) in [5.41, 5.74) is 2.03. The molecule has 2 heterocycles. The van der Waals surface area contributed by atoms with E-state index >= 15 is 0 Å². The van der Waals surface area contributed by atoms with Crippen molar-refractivity contribution in [2.45, 2.75) is 32.5 Å². The van der Waals surface area contributed by atoms with E-state index < -0.39 is 0 Å². The van der Waals surface area contributed by atoms with Gasteiger partial charge in [0.2, 0.25) is 5.89 Å². The monoisotopic (exact) mass is 271 g/mol. The first-order chi connectivity index (χ1) is 9.70. The summed E-state index contributed by atoms with van der Waals surface area (Å²) in [7, 11) is 0. The molecule has 1 N–H and O–H groups in total. The quantitative estimate of drug-likeness (QED) is 0.931. The van der Waals surface area contributed by atoms with Gasteiger partial charge in [0.15, 0.2) is 0 Å². The Balaban J connectivity index is 1.68. The first-order valence-corrected chi connectivity index (χ1v) is 7.19. The lowest BCUT2D eigenvalue weighted by atomic mass is 10.1. The summed E-state index contributed by atoms with van der Waals surface area (Å²) in [5.74, 6) is 0.705. The number of piperazine rings is 1. The number of hydrogen-bond donors (Lipinski definition) is 1. The summed E-state index contributed by atoms with van der Waals surface area (Å²) in [4.78, 5) is 7.02. The van der Waals surface area contributed by atoms with Crippen LogP contribution in [0.2, 0.25) is 0 Å². The van der Waals surface area contributed by atoms with Gasteiger partial charge >= 0.3 is 0 Å². The molecular formula is C16H21N3O. The highest BCUT2D eigenvalue weighted by molar-refractivity contribution is 5.52. The fourth-order valence-corrected chi connectivity index (χ4v) is 2.89. The predicted molar refractivity (Wildman–Crippen MR) is 79.3 cm³/mol. The molecule has 3 rings (SSSR count). The van der Waals surface area contributed by atoms with Crippen LogP contribution in [0.15, 0.2) is 41.0 Å². The molecule has 0 aliphatic carbocycles. The van der Waals surface area contributed by atoms with Crippen molar-refractivity contribution in [1.29, 1.82) is 0 Å². The van der Waals surface area contributed by atoms with Crippen LogP contribution in [0.3, 0.4) is 0 Å². The van der Waals surface area contributed by atoms with Crippen LogP contribution in [0.4, 0.5) is 0 Å². The number of rotatable bonds is 3. The first-order valence-electron chi connectivity index (χ1n) is 7.19. The Kier molecular flexibility index (Phi) is 3.85. The molecule has 1 aliphatic heterocycles. The van der Waals surface area contributed by atoms with Gasteiger partial charge in [-0.3, -0.25) is 4.90 Å². The smallest absolute Gasteiger partial charge is 0.226 e. The van der Waals surface area contributed by atoms with E-state index in [1.54, 1.807) is 6.26 Å². The molecule has 0 radical (unpaired) electrons. The second kappa shape index (κ2) is 5.77. The zero-order chi connectivity index (χ0) is 13.9. The van der Waals surface area contributed by atoms with Crippen LogP contribution in [-0.2, 0) is 6.54 Å². The van der Waals surface area contributed by atoms with Crippen molar-refractivity contribution in [1.82, 2.24) is 15.2 Å². The minimum absolute atomic E-state index is 0.527. The van der Waals surface area contributed by atoms with Gasteiger partial charge in [-0.1, -0.05) is 18.2 Å². The molecule has 4 nitrogen and oxygen atoms in total. The maximum Gasteiger partial charge on any atom is 0.226 e. The Morgan fingerprint density at radius 1 is 1.20 bits per heavy atom. The van der Waals surface area contributed by atoms with Crippen LogP contribution in [0.5, 0.6) is 0 Å². The van der Waals surface area contributed by atoms with Crippen molar-refractivity contribution in [3.63, 3.8) is 0 Å². The third-order valence-corrected chi connectivity index (χ3v) is 3.59. The highest BCUT2D eigenvalue weighted by Crippen LogP contribution is 2.19. The Morgan fingerprint density at radius 3 is 2.60 bits per heavy atom. The third-order valence-electron chi connectivity index (χ3n) is 3.59. The molecular weight excluding hydrogens is 250 g/mol. The molecule has 0 saturated carbocycles. The molecule has 20 heavy (non-hydrogen) atoms. The number of benzene rings is 1. The minimum Gasteiger partial charge on any atom is -0.444 e. The van der Waals surface area contributed by atoms with Crippen molar-refractivity contribution in [3.05, 3.63) is 42.3 Å². The average molecular weight is 271 g/mol. The Morgan fingerprint density at radius 2 is 1.90 bits per heavy atom. The molecule has 0 spiro atoms. The molecule has 2 unspecified atom stereocenters. The Labute approximate surface area is 119 Å². The van der Waals surface area contributed by atoms with E-state index in [4.69, 9.17) is 4.42 Å². The van der Waals surface area contributed by atoms with Crippen molar-refractivity contribution in [2.24, 2.45) is 0 Å². The standard InChI is InChI=1S/C16H21N3O/c1-12-8-19(9-13(2)17-12)10-15-11-20-16(18-15)14-6-4-3-5-7-14/h3-7,11-13,17H,8-10H2,1-2H3. The number of nitrogens with one attached hydrogen (secondary N) is 1. The maximum atomic E-state index is 5.59. The molecule has 2 atom stereocenters. The number of hydrogen-bond acceptors (Lipinski definition) is 4. The lowest BCUT2D eigenvalue weighted by Crippen LogP contribution is -2.53. The van der Waals surface area contributed by atoms with E-state index in [1.807, 2.05) is 30.3 Å². The molecule has 1 aromatic carbocycles. The van der Waals surface area contributed by atoms with Gasteiger partial charge in [0.25, 0.3) is 0 Å². The van der Waals surface area contributed by atoms with Crippen LogP contribution < -0.4 is 5.32 Å². The molecule has 4 heteroatoms. The van der Waals surface area contributed by atoms with Gasteiger partial charge in [0.05, 0.1) is 5.69 Å². The van der Waals surface area contributed by atoms with E-state index in [0.29, 0.717) is 18.0 Å². The zero-order valence-corrected chi connectivity index (χ0v) is 12.0. The summed E-state index contributed by atoms with van der Waals surface area (Å²) in [6.45, 7) is 7.41. The summed E-state index contributed by atoms with van der Waals surface area (Å²) in [6, 6.07) is 11.1. The van der Waals surface area contributed by atoms with E-state index in [9.17, 15) is 0 Å². The molecule has 1 aromatic heterocycles. The van der Waals surface area contributed by atoms with Crippen LogP contribution in [0.25, 0.3) is 11.5 Å². The minimum atomic E-state index is 0.527. The van der Waals surface area contributed by atoms with Crippen LogP contribution in [0, 0.1) is 0 Å². The van der Waals surface area contributed by atoms with E-state index in [1.165, 1.54) is 0 Å². The molecule has 0 bridgehead atoms. The number of nitrogens with zero attached hydrogens (tertiary/aromatic N) is 2. The summed E-state index contributed by atoms with van der Waals surface area (Å²) >= 11 is 0. The third kappa shape index (κ3) is 3.08. The van der Waals surface area contributed by atoms with E-state index in [0.717, 1.165) is 30.9 Å². The molecule has 2 aromatic rings. The number of oxazole rings is 1. The van der Waals surface area contributed by atoms with E-state index in [2.05, 4.69) is 29.0 Å². The average Bonchev–Trinajstić information content (AvgIpc) is 2.87. The first kappa shape index (κ1) is 13.3. The van der Waals surface area contributed by atoms with Crippen LogP contribution in [-0.4, -0.2) is 35.1 Å². The normalized spacial score (nSPS) is 23.9. The number of aromatic nitrogens is 1. The van der Waals surface area contributed by atoms with Crippen LogP contribution in [0.1, 0.15) is 19.5 Å². The second-order valence-corrected chi connectivity index (χ2v) is 5.67. The topological polar surface area (TPSA) is 41.3 Å². The van der Waals surface area contributed by atoms with Gasteiger partial charge in [-0.05, 0) is 26.0 Å². The van der Waals surface area contributed by atoms with Crippen molar-refractivity contribution < 1.29 is 4.42 Å². The summed E-state index contributed by atoms with van der Waals surface area (Å²) < 4.78 is 5.59. The molecule has 1 saturated heterocycles. The predicted octanol–water partition coefficient (Wildman–Crippen LogP) is 2.52. The lowest BCUT2D eigenvalue weighted by Gasteiger charge is -2.35. The van der Waals surface area contributed by atoms with Gasteiger partial charge in [-0.25, -0.2) is 4.98 Å². The van der Waals surface area contributed by atoms with Crippen molar-refractivity contribution in [3.8, 4) is 11.5 Å². The van der Waals surface area contributed by atoms with Gasteiger partial charge in [-0.15, -0.1) is 0 Å². The highest BCUT2D eigenvalue weighted by Gasteiger charge is 2.21. The van der Waals surface area contributed by atoms with Gasteiger partial charge in [0.1, 0.15) is 6.26 Å². The van der Waals surface area contributed by atoms with Gasteiger partial charge in [0, 0.05) is 37.3 Å². The summed E-state index contributed by atoms with van der Waals surface area (Å²) in [5, 5.41) is 3.54. The second-order valence-electron chi connectivity index (χ2n) is 5.67. The Hall–Kier alpha value is -1.65. The van der Waals surface area contributed by atoms with Gasteiger partial charge < -0.3 is 9.73 Å².